The van der Waals surface area contributed by atoms with Gasteiger partial charge in [0.1, 0.15) is 0 Å². The Morgan fingerprint density at radius 2 is 1.88 bits per heavy atom. The van der Waals surface area contributed by atoms with E-state index < -0.39 is 0 Å². The van der Waals surface area contributed by atoms with E-state index in [4.69, 9.17) is 11.6 Å². The summed E-state index contributed by atoms with van der Waals surface area (Å²) in [5.74, 6) is 0.757. The molecule has 0 bridgehead atoms. The molecule has 0 saturated carbocycles. The van der Waals surface area contributed by atoms with Gasteiger partial charge in [0.25, 0.3) is 0 Å². The molecule has 1 unspecified atom stereocenters. The SMILES string of the molecule is CCNC(=NCc1cccc(Cl)c1)NCC(CO)c1ccccc1.I. The van der Waals surface area contributed by atoms with Crippen LogP contribution in [-0.4, -0.2) is 30.8 Å². The minimum atomic E-state index is 0. The monoisotopic (exact) mass is 473 g/mol. The van der Waals surface area contributed by atoms with Crippen molar-refractivity contribution in [1.29, 1.82) is 0 Å². The summed E-state index contributed by atoms with van der Waals surface area (Å²) in [6, 6.07) is 17.7. The van der Waals surface area contributed by atoms with Crippen LogP contribution in [0.4, 0.5) is 0 Å². The number of aliphatic hydroxyl groups is 1. The van der Waals surface area contributed by atoms with E-state index in [9.17, 15) is 5.11 Å². The first-order valence-corrected chi connectivity index (χ1v) is 8.53. The van der Waals surface area contributed by atoms with Crippen LogP contribution in [0.1, 0.15) is 24.0 Å². The summed E-state index contributed by atoms with van der Waals surface area (Å²) in [6.07, 6.45) is 0. The van der Waals surface area contributed by atoms with Crippen LogP contribution in [-0.2, 0) is 6.54 Å². The second-order valence-electron chi connectivity index (χ2n) is 5.50. The first-order chi connectivity index (χ1) is 11.7. The number of aliphatic imine (C=N–C) groups is 1. The van der Waals surface area contributed by atoms with Crippen molar-refractivity contribution in [2.24, 2.45) is 4.99 Å². The molecule has 25 heavy (non-hydrogen) atoms. The predicted octanol–water partition coefficient (Wildman–Crippen LogP) is 3.79. The van der Waals surface area contributed by atoms with E-state index in [0.717, 1.165) is 23.6 Å². The molecule has 0 fully saturated rings. The summed E-state index contributed by atoms with van der Waals surface area (Å²) in [5, 5.41) is 16.9. The fraction of sp³-hybridized carbons (Fsp3) is 0.316. The van der Waals surface area contributed by atoms with Crippen molar-refractivity contribution >= 4 is 41.5 Å². The van der Waals surface area contributed by atoms with Gasteiger partial charge in [0, 0.05) is 24.0 Å². The zero-order valence-corrected chi connectivity index (χ0v) is 17.4. The molecule has 0 spiro atoms. The van der Waals surface area contributed by atoms with Crippen LogP contribution in [0.15, 0.2) is 59.6 Å². The first kappa shape index (κ1) is 21.7. The number of aliphatic hydroxyl groups excluding tert-OH is 1. The Kier molecular flexibility index (Phi) is 10.5. The van der Waals surface area contributed by atoms with Crippen LogP contribution in [0.2, 0.25) is 5.02 Å². The molecular formula is C19H25ClIN3O. The molecular weight excluding hydrogens is 449 g/mol. The lowest BCUT2D eigenvalue weighted by atomic mass is 10.0. The lowest BCUT2D eigenvalue weighted by molar-refractivity contribution is 0.265. The van der Waals surface area contributed by atoms with E-state index in [1.54, 1.807) is 0 Å². The third kappa shape index (κ3) is 7.63. The molecule has 0 aliphatic rings. The van der Waals surface area contributed by atoms with Gasteiger partial charge in [-0.2, -0.15) is 0 Å². The van der Waals surface area contributed by atoms with Gasteiger partial charge in [-0.1, -0.05) is 54.1 Å². The third-order valence-corrected chi connectivity index (χ3v) is 3.90. The fourth-order valence-corrected chi connectivity index (χ4v) is 2.59. The summed E-state index contributed by atoms with van der Waals surface area (Å²) in [4.78, 5) is 4.58. The predicted molar refractivity (Wildman–Crippen MR) is 116 cm³/mol. The second kappa shape index (κ2) is 12.1. The van der Waals surface area contributed by atoms with Gasteiger partial charge in [-0.25, -0.2) is 4.99 Å². The number of rotatable bonds is 7. The quantitative estimate of drug-likeness (QED) is 0.326. The van der Waals surface area contributed by atoms with Crippen LogP contribution < -0.4 is 10.6 Å². The van der Waals surface area contributed by atoms with Crippen molar-refractivity contribution in [3.05, 3.63) is 70.7 Å². The standard InChI is InChI=1S/C19H24ClN3O.HI/c1-2-21-19(22-12-15-7-6-10-18(20)11-15)23-13-17(14-24)16-8-4-3-5-9-16;/h3-11,17,24H,2,12-14H2,1H3,(H2,21,22,23);1H. The number of nitrogens with zero attached hydrogens (tertiary/aromatic N) is 1. The average molecular weight is 474 g/mol. The minimum absolute atomic E-state index is 0. The molecule has 136 valence electrons. The number of guanidine groups is 1. The molecule has 6 heteroatoms. The van der Waals surface area contributed by atoms with Gasteiger partial charge in [-0.3, -0.25) is 0 Å². The van der Waals surface area contributed by atoms with Crippen LogP contribution in [0, 0.1) is 0 Å². The largest absolute Gasteiger partial charge is 0.396 e. The van der Waals surface area contributed by atoms with Crippen molar-refractivity contribution in [2.45, 2.75) is 19.4 Å². The van der Waals surface area contributed by atoms with Crippen molar-refractivity contribution < 1.29 is 5.11 Å². The van der Waals surface area contributed by atoms with E-state index in [2.05, 4.69) is 15.6 Å². The number of halogens is 2. The molecule has 0 aromatic heterocycles. The van der Waals surface area contributed by atoms with Gasteiger partial charge in [-0.05, 0) is 30.2 Å². The highest BCUT2D eigenvalue weighted by molar-refractivity contribution is 14.0. The highest BCUT2D eigenvalue weighted by atomic mass is 127. The van der Waals surface area contributed by atoms with E-state index in [-0.39, 0.29) is 36.5 Å². The zero-order valence-electron chi connectivity index (χ0n) is 14.3. The molecule has 2 aromatic rings. The van der Waals surface area contributed by atoms with E-state index in [1.165, 1.54) is 0 Å². The highest BCUT2D eigenvalue weighted by Crippen LogP contribution is 2.14. The van der Waals surface area contributed by atoms with Crippen LogP contribution in [0.25, 0.3) is 0 Å². The maximum Gasteiger partial charge on any atom is 0.191 e. The van der Waals surface area contributed by atoms with Gasteiger partial charge in [-0.15, -0.1) is 24.0 Å². The Balaban J connectivity index is 0.00000312. The molecule has 4 nitrogen and oxygen atoms in total. The second-order valence-corrected chi connectivity index (χ2v) is 5.93. The Morgan fingerprint density at radius 3 is 2.52 bits per heavy atom. The number of benzene rings is 2. The van der Waals surface area contributed by atoms with Crippen molar-refractivity contribution in [1.82, 2.24) is 10.6 Å². The average Bonchev–Trinajstić information content (AvgIpc) is 2.61. The molecule has 0 saturated heterocycles. The molecule has 0 radical (unpaired) electrons. The van der Waals surface area contributed by atoms with E-state index in [0.29, 0.717) is 18.1 Å². The lowest BCUT2D eigenvalue weighted by Gasteiger charge is -2.18. The van der Waals surface area contributed by atoms with Gasteiger partial charge in [0.05, 0.1) is 13.2 Å². The molecule has 0 amide bonds. The van der Waals surface area contributed by atoms with E-state index in [1.807, 2.05) is 61.5 Å². The summed E-state index contributed by atoms with van der Waals surface area (Å²) >= 11 is 6.00. The Labute approximate surface area is 171 Å². The number of hydrogen-bond acceptors (Lipinski definition) is 2. The number of nitrogens with one attached hydrogen (secondary N) is 2. The van der Waals surface area contributed by atoms with Crippen molar-refractivity contribution in [3.63, 3.8) is 0 Å². The summed E-state index contributed by atoms with van der Waals surface area (Å²) in [5.41, 5.74) is 2.17. The maximum atomic E-state index is 9.65. The zero-order chi connectivity index (χ0) is 17.2. The van der Waals surface area contributed by atoms with Gasteiger partial charge < -0.3 is 15.7 Å². The smallest absolute Gasteiger partial charge is 0.191 e. The number of hydrogen-bond donors (Lipinski definition) is 3. The fourth-order valence-electron chi connectivity index (χ4n) is 2.38. The van der Waals surface area contributed by atoms with Crippen LogP contribution >= 0.6 is 35.6 Å². The minimum Gasteiger partial charge on any atom is -0.396 e. The van der Waals surface area contributed by atoms with E-state index >= 15 is 0 Å². The van der Waals surface area contributed by atoms with Crippen LogP contribution in [0.3, 0.4) is 0 Å². The Bertz CT molecular complexity index is 652. The molecule has 0 aliphatic carbocycles. The first-order valence-electron chi connectivity index (χ1n) is 8.15. The van der Waals surface area contributed by atoms with Gasteiger partial charge in [0.15, 0.2) is 5.96 Å². The third-order valence-electron chi connectivity index (χ3n) is 3.66. The molecule has 0 aliphatic heterocycles. The van der Waals surface area contributed by atoms with Crippen molar-refractivity contribution in [2.75, 3.05) is 19.7 Å². The molecule has 3 N–H and O–H groups in total. The van der Waals surface area contributed by atoms with Gasteiger partial charge >= 0.3 is 0 Å². The summed E-state index contributed by atoms with van der Waals surface area (Å²) in [6.45, 7) is 4.05. The van der Waals surface area contributed by atoms with Crippen molar-refractivity contribution in [3.8, 4) is 0 Å². The topological polar surface area (TPSA) is 56.7 Å². The Hall–Kier alpha value is -1.31. The molecule has 2 rings (SSSR count). The van der Waals surface area contributed by atoms with Gasteiger partial charge in [0.2, 0.25) is 0 Å². The maximum absolute atomic E-state index is 9.65. The molecule has 1 atom stereocenters. The lowest BCUT2D eigenvalue weighted by Crippen LogP contribution is -2.39. The summed E-state index contributed by atoms with van der Waals surface area (Å²) < 4.78 is 0. The summed E-state index contributed by atoms with van der Waals surface area (Å²) in [7, 11) is 0. The highest BCUT2D eigenvalue weighted by Gasteiger charge is 2.10. The molecule has 2 aromatic carbocycles. The normalized spacial score (nSPS) is 12.2. The Morgan fingerprint density at radius 1 is 1.12 bits per heavy atom. The molecule has 0 heterocycles. The van der Waals surface area contributed by atoms with Crippen LogP contribution in [0.5, 0.6) is 0 Å².